The highest BCUT2D eigenvalue weighted by Gasteiger charge is 2.30. The molecule has 0 saturated carbocycles. The zero-order valence-electron chi connectivity index (χ0n) is 16.6. The van der Waals surface area contributed by atoms with Gasteiger partial charge in [-0.25, -0.2) is 8.42 Å². The van der Waals surface area contributed by atoms with Crippen LogP contribution >= 0.6 is 24.0 Å². The highest BCUT2D eigenvalue weighted by Crippen LogP contribution is 2.31. The third-order valence-corrected chi connectivity index (χ3v) is 6.67. The molecular weight excluding hydrogens is 518 g/mol. The number of sulfone groups is 1. The average molecular weight is 547 g/mol. The maximum atomic E-state index is 12.9. The van der Waals surface area contributed by atoms with Crippen molar-refractivity contribution in [1.29, 1.82) is 0 Å². The van der Waals surface area contributed by atoms with Crippen LogP contribution in [0, 0.1) is 5.92 Å². The molecule has 10 heteroatoms. The van der Waals surface area contributed by atoms with Gasteiger partial charge in [0.1, 0.15) is 0 Å². The fourth-order valence-electron chi connectivity index (χ4n) is 3.17. The van der Waals surface area contributed by atoms with E-state index in [2.05, 4.69) is 15.6 Å². The molecule has 0 aliphatic carbocycles. The molecule has 1 saturated heterocycles. The molecular formula is C19H29F3IN3O2S. The van der Waals surface area contributed by atoms with Gasteiger partial charge in [0.25, 0.3) is 0 Å². The Balaban J connectivity index is 0.00000420. The molecule has 1 aromatic rings. The van der Waals surface area contributed by atoms with Crippen molar-refractivity contribution in [3.05, 3.63) is 35.4 Å². The SMILES string of the molecule is CCNC(=NCC1CCS(=O)(=O)C1)NCCC(C)c1cccc(C(F)(F)F)c1.I. The summed E-state index contributed by atoms with van der Waals surface area (Å²) in [5.41, 5.74) is 0.0148. The lowest BCUT2D eigenvalue weighted by atomic mass is 9.96. The van der Waals surface area contributed by atoms with E-state index in [1.807, 2.05) is 13.8 Å². The van der Waals surface area contributed by atoms with E-state index < -0.39 is 21.6 Å². The van der Waals surface area contributed by atoms with Gasteiger partial charge in [-0.15, -0.1) is 24.0 Å². The quantitative estimate of drug-likeness (QED) is 0.310. The fourth-order valence-corrected chi connectivity index (χ4v) is 5.02. The smallest absolute Gasteiger partial charge is 0.357 e. The minimum atomic E-state index is -4.34. The number of benzene rings is 1. The predicted octanol–water partition coefficient (Wildman–Crippen LogP) is 3.81. The van der Waals surface area contributed by atoms with Crippen molar-refractivity contribution in [2.24, 2.45) is 10.9 Å². The summed E-state index contributed by atoms with van der Waals surface area (Å²) < 4.78 is 61.6. The Morgan fingerprint density at radius 1 is 1.31 bits per heavy atom. The Hall–Kier alpha value is -1.04. The van der Waals surface area contributed by atoms with Crippen molar-refractivity contribution in [2.45, 2.75) is 38.8 Å². The standard InChI is InChI=1S/C19H28F3N3O2S.HI/c1-3-23-18(25-12-15-8-10-28(26,27)13-15)24-9-7-14(2)16-5-4-6-17(11-16)19(20,21)22;/h4-6,11,14-15H,3,7-10,12-13H2,1-2H3,(H2,23,24,25);1H. The molecule has 2 unspecified atom stereocenters. The molecule has 166 valence electrons. The van der Waals surface area contributed by atoms with Crippen LogP contribution in [-0.2, 0) is 16.0 Å². The van der Waals surface area contributed by atoms with E-state index in [0.29, 0.717) is 44.0 Å². The zero-order valence-corrected chi connectivity index (χ0v) is 19.8. The minimum Gasteiger partial charge on any atom is -0.357 e. The Morgan fingerprint density at radius 2 is 2.03 bits per heavy atom. The van der Waals surface area contributed by atoms with Crippen LogP contribution in [0.25, 0.3) is 0 Å². The van der Waals surface area contributed by atoms with Gasteiger partial charge in [0.05, 0.1) is 17.1 Å². The minimum absolute atomic E-state index is 0. The largest absolute Gasteiger partial charge is 0.416 e. The number of alkyl halides is 3. The third-order valence-electron chi connectivity index (χ3n) is 4.83. The summed E-state index contributed by atoms with van der Waals surface area (Å²) in [6.07, 6.45) is -3.06. The van der Waals surface area contributed by atoms with Crippen LogP contribution in [0.2, 0.25) is 0 Å². The van der Waals surface area contributed by atoms with Crippen molar-refractivity contribution in [3.8, 4) is 0 Å². The lowest BCUT2D eigenvalue weighted by molar-refractivity contribution is -0.137. The summed E-state index contributed by atoms with van der Waals surface area (Å²) in [6, 6.07) is 5.42. The van der Waals surface area contributed by atoms with E-state index >= 15 is 0 Å². The van der Waals surface area contributed by atoms with Gasteiger partial charge in [-0.05, 0) is 43.2 Å². The molecule has 2 atom stereocenters. The fraction of sp³-hybridized carbons (Fsp3) is 0.632. The number of halogens is 4. The second-order valence-corrected chi connectivity index (χ2v) is 9.46. The average Bonchev–Trinajstić information content (AvgIpc) is 2.98. The van der Waals surface area contributed by atoms with E-state index in [4.69, 9.17) is 0 Å². The maximum absolute atomic E-state index is 12.9. The summed E-state index contributed by atoms with van der Waals surface area (Å²) in [7, 11) is -2.92. The Morgan fingerprint density at radius 3 is 2.62 bits per heavy atom. The molecule has 1 aliphatic rings. The van der Waals surface area contributed by atoms with Crippen LogP contribution < -0.4 is 10.6 Å². The zero-order chi connectivity index (χ0) is 20.8. The Labute approximate surface area is 187 Å². The first kappa shape index (κ1) is 26.0. The number of nitrogens with zero attached hydrogens (tertiary/aromatic N) is 1. The number of aliphatic imine (C=N–C) groups is 1. The summed E-state index contributed by atoms with van der Waals surface area (Å²) in [4.78, 5) is 4.46. The van der Waals surface area contributed by atoms with Gasteiger partial charge in [-0.1, -0.05) is 25.1 Å². The van der Waals surface area contributed by atoms with Crippen LogP contribution in [0.5, 0.6) is 0 Å². The van der Waals surface area contributed by atoms with Gasteiger partial charge < -0.3 is 10.6 Å². The van der Waals surface area contributed by atoms with Gasteiger partial charge in [0.15, 0.2) is 15.8 Å². The molecule has 0 spiro atoms. The summed E-state index contributed by atoms with van der Waals surface area (Å²) in [5.74, 6) is 1.01. The molecule has 0 amide bonds. The molecule has 1 heterocycles. The van der Waals surface area contributed by atoms with Crippen LogP contribution in [-0.4, -0.2) is 45.5 Å². The highest BCUT2D eigenvalue weighted by atomic mass is 127. The number of hydrogen-bond acceptors (Lipinski definition) is 3. The molecule has 29 heavy (non-hydrogen) atoms. The van der Waals surface area contributed by atoms with Crippen molar-refractivity contribution >= 4 is 39.8 Å². The lowest BCUT2D eigenvalue weighted by Crippen LogP contribution is -2.38. The summed E-state index contributed by atoms with van der Waals surface area (Å²) in [5, 5.41) is 6.29. The molecule has 1 aliphatic heterocycles. The summed E-state index contributed by atoms with van der Waals surface area (Å²) >= 11 is 0. The normalized spacial score (nSPS) is 20.0. The molecule has 0 radical (unpaired) electrons. The van der Waals surface area contributed by atoms with Crippen LogP contribution in [0.15, 0.2) is 29.3 Å². The van der Waals surface area contributed by atoms with E-state index in [0.717, 1.165) is 6.07 Å². The molecule has 1 aromatic carbocycles. The van der Waals surface area contributed by atoms with E-state index in [1.54, 1.807) is 6.07 Å². The second kappa shape index (κ2) is 11.4. The first-order valence-corrected chi connectivity index (χ1v) is 11.3. The van der Waals surface area contributed by atoms with E-state index in [-0.39, 0.29) is 47.3 Å². The van der Waals surface area contributed by atoms with Crippen molar-refractivity contribution < 1.29 is 21.6 Å². The number of hydrogen-bond donors (Lipinski definition) is 2. The molecule has 0 bridgehead atoms. The van der Waals surface area contributed by atoms with Crippen LogP contribution in [0.1, 0.15) is 43.7 Å². The van der Waals surface area contributed by atoms with Crippen LogP contribution in [0.4, 0.5) is 13.2 Å². The van der Waals surface area contributed by atoms with Gasteiger partial charge in [0, 0.05) is 19.6 Å². The van der Waals surface area contributed by atoms with Gasteiger partial charge in [0.2, 0.25) is 0 Å². The Bertz CT molecular complexity index is 785. The number of rotatable bonds is 7. The third kappa shape index (κ3) is 8.69. The maximum Gasteiger partial charge on any atom is 0.416 e. The van der Waals surface area contributed by atoms with Gasteiger partial charge >= 0.3 is 6.18 Å². The molecule has 2 N–H and O–H groups in total. The first-order chi connectivity index (χ1) is 13.1. The van der Waals surface area contributed by atoms with Crippen LogP contribution in [0.3, 0.4) is 0 Å². The van der Waals surface area contributed by atoms with Crippen molar-refractivity contribution in [2.75, 3.05) is 31.1 Å². The number of guanidine groups is 1. The van der Waals surface area contributed by atoms with E-state index in [1.165, 1.54) is 12.1 Å². The van der Waals surface area contributed by atoms with Crippen molar-refractivity contribution in [3.63, 3.8) is 0 Å². The van der Waals surface area contributed by atoms with Gasteiger partial charge in [-0.3, -0.25) is 4.99 Å². The van der Waals surface area contributed by atoms with Crippen molar-refractivity contribution in [1.82, 2.24) is 10.6 Å². The number of nitrogens with one attached hydrogen (secondary N) is 2. The van der Waals surface area contributed by atoms with E-state index in [9.17, 15) is 21.6 Å². The highest BCUT2D eigenvalue weighted by molar-refractivity contribution is 14.0. The molecule has 0 aromatic heterocycles. The molecule has 2 rings (SSSR count). The molecule has 1 fully saturated rings. The first-order valence-electron chi connectivity index (χ1n) is 9.50. The second-order valence-electron chi connectivity index (χ2n) is 7.23. The lowest BCUT2D eigenvalue weighted by Gasteiger charge is -2.17. The monoisotopic (exact) mass is 547 g/mol. The Kier molecular flexibility index (Phi) is 10.2. The molecule has 5 nitrogen and oxygen atoms in total. The predicted molar refractivity (Wildman–Crippen MR) is 121 cm³/mol. The van der Waals surface area contributed by atoms with Gasteiger partial charge in [-0.2, -0.15) is 13.2 Å². The summed E-state index contributed by atoms with van der Waals surface area (Å²) in [6.45, 7) is 5.48. The topological polar surface area (TPSA) is 70.6 Å².